The van der Waals surface area contributed by atoms with Gasteiger partial charge in [-0.05, 0) is 0 Å². The maximum atomic E-state index is 8.74. The third-order valence-corrected chi connectivity index (χ3v) is 0. The van der Waals surface area contributed by atoms with Crippen molar-refractivity contribution >= 4 is 77.0 Å². The van der Waals surface area contributed by atoms with Crippen LogP contribution in [0.1, 0.15) is 0 Å². The summed E-state index contributed by atoms with van der Waals surface area (Å²) < 4.78 is 31.6. The Labute approximate surface area is 92.6 Å². The Morgan fingerprint density at radius 2 is 1.14 bits per heavy atom. The Morgan fingerprint density at radius 1 is 1.14 bits per heavy atom. The van der Waals surface area contributed by atoms with E-state index in [0.717, 1.165) is 0 Å². The zero-order chi connectivity index (χ0) is 4.50. The molecule has 0 aromatic heterocycles. The molecule has 0 bridgehead atoms. The summed E-state index contributed by atoms with van der Waals surface area (Å²) in [5.74, 6) is 0. The molecule has 0 aliphatic rings. The minimum atomic E-state index is -4.67. The van der Waals surface area contributed by atoms with Gasteiger partial charge in [0.05, 0.1) is 8.41 Å². The van der Waals surface area contributed by atoms with Gasteiger partial charge in [0.1, 0.15) is 0 Å². The van der Waals surface area contributed by atoms with E-state index in [4.69, 9.17) is 17.5 Å². The van der Waals surface area contributed by atoms with Gasteiger partial charge >= 0.3 is 68.6 Å². The van der Waals surface area contributed by atoms with Crippen molar-refractivity contribution in [1.29, 1.82) is 0 Å². The van der Waals surface area contributed by atoms with E-state index in [1.807, 2.05) is 0 Å². The van der Waals surface area contributed by atoms with Crippen LogP contribution in [0.4, 0.5) is 0 Å². The Hall–Kier alpha value is 1.74. The molecule has 40 valence electrons. The number of hydrogen-bond donors (Lipinski definition) is 2. The summed E-state index contributed by atoms with van der Waals surface area (Å²) in [6, 6.07) is 0. The van der Waals surface area contributed by atoms with Crippen LogP contribution < -0.4 is 0 Å². The minimum absolute atomic E-state index is 0. The molecule has 0 saturated carbocycles. The van der Waals surface area contributed by atoms with Crippen LogP contribution in [-0.4, -0.2) is 84.1 Å². The monoisotopic (exact) mass is 198 g/mol. The SMILES string of the molecule is B.O=S(=O)(O)O.[RbH]. The summed E-state index contributed by atoms with van der Waals surface area (Å²) >= 11 is 0. The van der Waals surface area contributed by atoms with Crippen LogP contribution in [0.3, 0.4) is 0 Å². The summed E-state index contributed by atoms with van der Waals surface area (Å²) in [6.07, 6.45) is 0. The van der Waals surface area contributed by atoms with Gasteiger partial charge in [0.2, 0.25) is 0 Å². The molecule has 0 saturated heterocycles. The van der Waals surface area contributed by atoms with E-state index < -0.39 is 10.4 Å². The molecule has 0 aromatic rings. The molecule has 0 amide bonds. The molecule has 4 nitrogen and oxygen atoms in total. The number of rotatable bonds is 0. The molecule has 0 aliphatic carbocycles. The van der Waals surface area contributed by atoms with Crippen molar-refractivity contribution in [3.63, 3.8) is 0 Å². The molecule has 0 aromatic carbocycles. The molecule has 0 aliphatic heterocycles. The molecule has 0 heterocycles. The molecule has 0 unspecified atom stereocenters. The van der Waals surface area contributed by atoms with Gasteiger partial charge in [-0.15, -0.1) is 0 Å². The van der Waals surface area contributed by atoms with Gasteiger partial charge in [0.25, 0.3) is 0 Å². The maximum absolute atomic E-state index is 8.74. The van der Waals surface area contributed by atoms with E-state index in [0.29, 0.717) is 0 Å². The van der Waals surface area contributed by atoms with Crippen molar-refractivity contribution in [2.45, 2.75) is 0 Å². The molecule has 7 heavy (non-hydrogen) atoms. The topological polar surface area (TPSA) is 74.6 Å². The molecular weight excluding hydrogens is 192 g/mol. The zero-order valence-electron chi connectivity index (χ0n) is 2.12. The van der Waals surface area contributed by atoms with Crippen LogP contribution in [0.5, 0.6) is 0 Å². The molecule has 0 rings (SSSR count). The average Bonchev–Trinajstić information content (AvgIpc) is 0.722. The van der Waals surface area contributed by atoms with E-state index in [1.54, 1.807) is 0 Å². The summed E-state index contributed by atoms with van der Waals surface area (Å²) in [5.41, 5.74) is 0. The van der Waals surface area contributed by atoms with Crippen LogP contribution in [-0.2, 0) is 10.4 Å². The normalized spacial score (nSPS) is 8.29. The Morgan fingerprint density at radius 3 is 1.14 bits per heavy atom. The fourth-order valence-electron chi connectivity index (χ4n) is 0. The van der Waals surface area contributed by atoms with Crippen LogP contribution in [0.25, 0.3) is 0 Å². The quantitative estimate of drug-likeness (QED) is 0.334. The average molecular weight is 198 g/mol. The fraction of sp³-hybridized carbons (Fsp3) is 0. The molecule has 0 fully saturated rings. The first-order valence-corrected chi connectivity index (χ1v) is 2.10. The Kier molecular flexibility index (Phi) is 13.3. The first kappa shape index (κ1) is 15.9. The predicted octanol–water partition coefficient (Wildman–Crippen LogP) is -2.49. The second-order valence-electron chi connectivity index (χ2n) is 0.448. The van der Waals surface area contributed by atoms with Gasteiger partial charge < -0.3 is 0 Å². The van der Waals surface area contributed by atoms with Gasteiger partial charge in [0.15, 0.2) is 0 Å². The van der Waals surface area contributed by atoms with E-state index in [-0.39, 0.29) is 66.6 Å². The van der Waals surface area contributed by atoms with Crippen molar-refractivity contribution < 1.29 is 17.5 Å². The van der Waals surface area contributed by atoms with E-state index >= 15 is 0 Å². The summed E-state index contributed by atoms with van der Waals surface area (Å²) in [6.45, 7) is 0. The first-order chi connectivity index (χ1) is 2.00. The van der Waals surface area contributed by atoms with Crippen LogP contribution in [0.15, 0.2) is 0 Å². The third-order valence-electron chi connectivity index (χ3n) is 0. The second-order valence-corrected chi connectivity index (χ2v) is 1.34. The van der Waals surface area contributed by atoms with Crippen molar-refractivity contribution in [1.82, 2.24) is 0 Å². The zero-order valence-corrected chi connectivity index (χ0v) is 2.94. The van der Waals surface area contributed by atoms with Gasteiger partial charge in [-0.2, -0.15) is 8.42 Å². The van der Waals surface area contributed by atoms with Crippen molar-refractivity contribution in [2.24, 2.45) is 0 Å². The van der Waals surface area contributed by atoms with Crippen LogP contribution in [0.2, 0.25) is 0 Å². The number of hydrogen-bond acceptors (Lipinski definition) is 2. The third kappa shape index (κ3) is 84.2. The summed E-state index contributed by atoms with van der Waals surface area (Å²) in [7, 11) is -4.67. The first-order valence-electron chi connectivity index (χ1n) is 0.698. The Balaban J connectivity index is -0.0000000800. The summed E-state index contributed by atoms with van der Waals surface area (Å²) in [5, 5.41) is 0. The van der Waals surface area contributed by atoms with Gasteiger partial charge in [-0.25, -0.2) is 0 Å². The molecular formula is H6BO4RbS. The van der Waals surface area contributed by atoms with E-state index in [2.05, 4.69) is 0 Å². The van der Waals surface area contributed by atoms with E-state index in [1.165, 1.54) is 0 Å². The van der Waals surface area contributed by atoms with Crippen molar-refractivity contribution in [3.8, 4) is 0 Å². The molecule has 0 spiro atoms. The van der Waals surface area contributed by atoms with Crippen LogP contribution >= 0.6 is 0 Å². The standard InChI is InChI=1S/BH3.H2O4S.Rb.H/c;1-5(2,3)4;;/h1H3;(H2,1,2,3,4);;. The van der Waals surface area contributed by atoms with Crippen molar-refractivity contribution in [2.75, 3.05) is 0 Å². The predicted molar refractivity (Wildman–Crippen MR) is 31.3 cm³/mol. The van der Waals surface area contributed by atoms with Crippen LogP contribution in [0, 0.1) is 0 Å². The molecule has 0 radical (unpaired) electrons. The van der Waals surface area contributed by atoms with Gasteiger partial charge in [-0.1, -0.05) is 0 Å². The summed E-state index contributed by atoms with van der Waals surface area (Å²) in [4.78, 5) is 0. The van der Waals surface area contributed by atoms with E-state index in [9.17, 15) is 0 Å². The molecule has 2 N–H and O–H groups in total. The fourth-order valence-corrected chi connectivity index (χ4v) is 0. The van der Waals surface area contributed by atoms with Crippen molar-refractivity contribution in [3.05, 3.63) is 0 Å². The molecule has 7 heteroatoms. The van der Waals surface area contributed by atoms with Gasteiger partial charge in [-0.3, -0.25) is 9.11 Å². The molecule has 0 atom stereocenters. The second kappa shape index (κ2) is 5.87. The Bertz CT molecular complexity index is 94.9. The van der Waals surface area contributed by atoms with Gasteiger partial charge in [0, 0.05) is 0 Å².